The van der Waals surface area contributed by atoms with E-state index in [2.05, 4.69) is 10.4 Å². The van der Waals surface area contributed by atoms with Crippen molar-refractivity contribution >= 4 is 16.0 Å². The van der Waals surface area contributed by atoms with Gasteiger partial charge in [-0.05, 0) is 6.07 Å². The fraction of sp³-hybridized carbons (Fsp3) is 0.556. The van der Waals surface area contributed by atoms with Crippen LogP contribution in [0, 0.1) is 0 Å². The molecule has 2 N–H and O–H groups in total. The summed E-state index contributed by atoms with van der Waals surface area (Å²) in [5.74, 6) is -1.16. The molecule has 1 aromatic rings. The Morgan fingerprint density at radius 3 is 2.89 bits per heavy atom. The maximum Gasteiger partial charge on any atom is 0.323 e. The predicted octanol–water partition coefficient (Wildman–Crippen LogP) is -1.53. The molecule has 1 saturated heterocycles. The van der Waals surface area contributed by atoms with Crippen LogP contribution in [0.5, 0.6) is 0 Å². The lowest BCUT2D eigenvalue weighted by Gasteiger charge is -2.32. The topological polar surface area (TPSA) is 105 Å². The van der Waals surface area contributed by atoms with Gasteiger partial charge in [0.05, 0.1) is 6.20 Å². The molecule has 0 radical (unpaired) electrons. The highest BCUT2D eigenvalue weighted by atomic mass is 32.2. The number of piperazine rings is 1. The summed E-state index contributed by atoms with van der Waals surface area (Å²) in [6.07, 6.45) is 1.37. The van der Waals surface area contributed by atoms with Crippen molar-refractivity contribution in [2.45, 2.75) is 11.1 Å². The van der Waals surface area contributed by atoms with E-state index < -0.39 is 22.0 Å². The smallest absolute Gasteiger partial charge is 0.323 e. The van der Waals surface area contributed by atoms with Crippen LogP contribution in [0.25, 0.3) is 0 Å². The molecule has 1 unspecified atom stereocenters. The van der Waals surface area contributed by atoms with Crippen LogP contribution in [0.4, 0.5) is 0 Å². The van der Waals surface area contributed by atoms with E-state index in [1.54, 1.807) is 0 Å². The SMILES string of the molecule is Cn1nccc1S(=O)(=O)N1CCNCC1C(=O)O. The molecule has 2 rings (SSSR count). The van der Waals surface area contributed by atoms with E-state index in [9.17, 15) is 13.2 Å². The molecule has 0 bridgehead atoms. The fourth-order valence-corrected chi connectivity index (χ4v) is 3.60. The number of carboxylic acid groups (broad SMARTS) is 1. The average molecular weight is 274 g/mol. The Morgan fingerprint density at radius 1 is 1.61 bits per heavy atom. The normalized spacial score (nSPS) is 21.9. The Bertz CT molecular complexity index is 553. The van der Waals surface area contributed by atoms with E-state index in [1.807, 2.05) is 0 Å². The third kappa shape index (κ3) is 2.11. The van der Waals surface area contributed by atoms with Crippen molar-refractivity contribution in [1.29, 1.82) is 0 Å². The number of carboxylic acids is 1. The number of nitrogens with zero attached hydrogens (tertiary/aromatic N) is 3. The largest absolute Gasteiger partial charge is 0.480 e. The minimum absolute atomic E-state index is 0.00403. The van der Waals surface area contributed by atoms with Crippen LogP contribution >= 0.6 is 0 Å². The zero-order chi connectivity index (χ0) is 13.3. The summed E-state index contributed by atoms with van der Waals surface area (Å²) >= 11 is 0. The van der Waals surface area contributed by atoms with Gasteiger partial charge in [0.15, 0.2) is 5.03 Å². The van der Waals surface area contributed by atoms with Crippen LogP contribution in [0.15, 0.2) is 17.3 Å². The summed E-state index contributed by atoms with van der Waals surface area (Å²) < 4.78 is 26.9. The lowest BCUT2D eigenvalue weighted by atomic mass is 10.2. The maximum absolute atomic E-state index is 12.4. The van der Waals surface area contributed by atoms with Crippen molar-refractivity contribution < 1.29 is 18.3 Å². The monoisotopic (exact) mass is 274 g/mol. The van der Waals surface area contributed by atoms with Gasteiger partial charge in [0, 0.05) is 26.7 Å². The molecule has 1 aliphatic heterocycles. The molecule has 0 aromatic carbocycles. The molecule has 8 nitrogen and oxygen atoms in total. The average Bonchev–Trinajstić information content (AvgIpc) is 2.76. The molecule has 2 heterocycles. The second-order valence-corrected chi connectivity index (χ2v) is 5.80. The van der Waals surface area contributed by atoms with Gasteiger partial charge in [-0.2, -0.15) is 9.40 Å². The van der Waals surface area contributed by atoms with E-state index >= 15 is 0 Å². The molecular weight excluding hydrogens is 260 g/mol. The van der Waals surface area contributed by atoms with Crippen molar-refractivity contribution in [3.8, 4) is 0 Å². The van der Waals surface area contributed by atoms with Gasteiger partial charge >= 0.3 is 5.97 Å². The molecule has 18 heavy (non-hydrogen) atoms. The number of aliphatic carboxylic acids is 1. The van der Waals surface area contributed by atoms with Gasteiger partial charge in [-0.3, -0.25) is 9.48 Å². The lowest BCUT2D eigenvalue weighted by Crippen LogP contribution is -2.57. The van der Waals surface area contributed by atoms with Crippen LogP contribution in [-0.4, -0.2) is 59.3 Å². The summed E-state index contributed by atoms with van der Waals surface area (Å²) in [7, 11) is -2.33. The Labute approximate surface area is 104 Å². The summed E-state index contributed by atoms with van der Waals surface area (Å²) in [5, 5.41) is 15.7. The minimum atomic E-state index is -3.83. The summed E-state index contributed by atoms with van der Waals surface area (Å²) in [6.45, 7) is 0.664. The molecule has 1 aliphatic rings. The maximum atomic E-state index is 12.4. The number of aromatic nitrogens is 2. The van der Waals surface area contributed by atoms with Crippen molar-refractivity contribution in [2.75, 3.05) is 19.6 Å². The Balaban J connectivity index is 2.39. The van der Waals surface area contributed by atoms with E-state index in [4.69, 9.17) is 5.11 Å². The standard InChI is InChI=1S/C9H14N4O4S/c1-12-8(2-3-11-12)18(16,17)13-5-4-10-6-7(13)9(14)15/h2-3,7,10H,4-6H2,1H3,(H,14,15). The van der Waals surface area contributed by atoms with Crippen molar-refractivity contribution in [3.05, 3.63) is 12.3 Å². The third-order valence-electron chi connectivity index (χ3n) is 2.83. The summed E-state index contributed by atoms with van der Waals surface area (Å²) in [5.41, 5.74) is 0. The van der Waals surface area contributed by atoms with E-state index in [0.29, 0.717) is 6.54 Å². The molecule has 1 aromatic heterocycles. The van der Waals surface area contributed by atoms with Crippen LogP contribution in [0.2, 0.25) is 0 Å². The molecule has 1 fully saturated rings. The quantitative estimate of drug-likeness (QED) is 0.692. The minimum Gasteiger partial charge on any atom is -0.480 e. The number of rotatable bonds is 3. The number of hydrogen-bond acceptors (Lipinski definition) is 5. The van der Waals surface area contributed by atoms with Crippen molar-refractivity contribution in [2.24, 2.45) is 7.05 Å². The Morgan fingerprint density at radius 2 is 2.33 bits per heavy atom. The molecule has 9 heteroatoms. The molecule has 0 aliphatic carbocycles. The zero-order valence-electron chi connectivity index (χ0n) is 9.78. The Hall–Kier alpha value is -1.45. The predicted molar refractivity (Wildman–Crippen MR) is 61.4 cm³/mol. The first-order chi connectivity index (χ1) is 8.44. The molecule has 1 atom stereocenters. The molecule has 0 spiro atoms. The highest BCUT2D eigenvalue weighted by molar-refractivity contribution is 7.89. The first-order valence-corrected chi connectivity index (χ1v) is 6.82. The van der Waals surface area contributed by atoms with Crippen LogP contribution < -0.4 is 5.32 Å². The fourth-order valence-electron chi connectivity index (χ4n) is 1.92. The lowest BCUT2D eigenvalue weighted by molar-refractivity contribution is -0.141. The second-order valence-electron chi connectivity index (χ2n) is 3.97. The van der Waals surface area contributed by atoms with Gasteiger partial charge in [-0.1, -0.05) is 0 Å². The van der Waals surface area contributed by atoms with Gasteiger partial charge in [0.1, 0.15) is 6.04 Å². The van der Waals surface area contributed by atoms with E-state index in [0.717, 1.165) is 4.31 Å². The number of sulfonamides is 1. The molecule has 0 amide bonds. The molecule has 0 saturated carbocycles. The number of aryl methyl sites for hydroxylation is 1. The van der Waals surface area contributed by atoms with Gasteiger partial charge < -0.3 is 10.4 Å². The second kappa shape index (κ2) is 4.67. The molecule has 100 valence electrons. The number of nitrogens with one attached hydrogen (secondary N) is 1. The van der Waals surface area contributed by atoms with Gasteiger partial charge in [-0.15, -0.1) is 0 Å². The molecular formula is C9H14N4O4S. The van der Waals surface area contributed by atoms with Crippen molar-refractivity contribution in [3.63, 3.8) is 0 Å². The van der Waals surface area contributed by atoms with E-state index in [-0.39, 0.29) is 18.1 Å². The first kappa shape index (κ1) is 13.0. The van der Waals surface area contributed by atoms with E-state index in [1.165, 1.54) is 24.0 Å². The van der Waals surface area contributed by atoms with Gasteiger partial charge in [-0.25, -0.2) is 8.42 Å². The van der Waals surface area contributed by atoms with Crippen LogP contribution in [-0.2, 0) is 21.9 Å². The zero-order valence-corrected chi connectivity index (χ0v) is 10.6. The van der Waals surface area contributed by atoms with Crippen molar-refractivity contribution in [1.82, 2.24) is 19.4 Å². The number of carbonyl (C=O) groups is 1. The van der Waals surface area contributed by atoms with Crippen LogP contribution in [0.1, 0.15) is 0 Å². The third-order valence-corrected chi connectivity index (χ3v) is 4.81. The Kier molecular flexibility index (Phi) is 3.37. The summed E-state index contributed by atoms with van der Waals surface area (Å²) in [4.78, 5) is 11.1. The van der Waals surface area contributed by atoms with Gasteiger partial charge in [0.25, 0.3) is 10.0 Å². The number of hydrogen-bond donors (Lipinski definition) is 2. The van der Waals surface area contributed by atoms with Crippen LogP contribution in [0.3, 0.4) is 0 Å². The van der Waals surface area contributed by atoms with Gasteiger partial charge in [0.2, 0.25) is 0 Å². The highest BCUT2D eigenvalue weighted by Crippen LogP contribution is 2.18. The summed E-state index contributed by atoms with van der Waals surface area (Å²) in [6, 6.07) is 0.273. The highest BCUT2D eigenvalue weighted by Gasteiger charge is 2.38. The first-order valence-electron chi connectivity index (χ1n) is 5.38.